The van der Waals surface area contributed by atoms with Crippen LogP contribution in [0.3, 0.4) is 0 Å². The molecule has 0 spiro atoms. The van der Waals surface area contributed by atoms with E-state index in [1.54, 1.807) is 0 Å². The van der Waals surface area contributed by atoms with Crippen LogP contribution in [0.2, 0.25) is 0 Å². The third kappa shape index (κ3) is 6.46. The monoisotopic (exact) mass is 804 g/mol. The summed E-state index contributed by atoms with van der Waals surface area (Å²) in [5.74, 6) is 0. The summed E-state index contributed by atoms with van der Waals surface area (Å²) >= 11 is 0. The van der Waals surface area contributed by atoms with Crippen LogP contribution in [0, 0.1) is 0 Å². The number of nitrogens with zero attached hydrogens (tertiary/aromatic N) is 2. The van der Waals surface area contributed by atoms with Crippen molar-refractivity contribution in [2.24, 2.45) is 0 Å². The van der Waals surface area contributed by atoms with E-state index >= 15 is 0 Å². The first-order valence-electron chi connectivity index (χ1n) is 21.5. The minimum atomic E-state index is 0.902. The molecule has 0 bridgehead atoms. The van der Waals surface area contributed by atoms with Crippen LogP contribution in [-0.4, -0.2) is 4.57 Å². The molecule has 0 aliphatic heterocycles. The van der Waals surface area contributed by atoms with Crippen LogP contribution in [-0.2, 0) is 0 Å². The maximum Gasteiger partial charge on any atom is 0.143 e. The number of benzene rings is 10. The van der Waals surface area contributed by atoms with Crippen LogP contribution in [0.5, 0.6) is 0 Å². The smallest absolute Gasteiger partial charge is 0.143 e. The summed E-state index contributed by atoms with van der Waals surface area (Å²) in [6.07, 6.45) is 0. The van der Waals surface area contributed by atoms with E-state index in [1.807, 2.05) is 12.1 Å². The predicted molar refractivity (Wildman–Crippen MR) is 264 cm³/mol. The van der Waals surface area contributed by atoms with E-state index in [-0.39, 0.29) is 0 Å². The fourth-order valence-corrected chi connectivity index (χ4v) is 9.37. The fourth-order valence-electron chi connectivity index (χ4n) is 9.37. The number of fused-ring (bicyclic) bond motifs is 6. The molecule has 3 heteroatoms. The topological polar surface area (TPSA) is 21.3 Å². The largest absolute Gasteiger partial charge is 0.455 e. The van der Waals surface area contributed by atoms with Crippen LogP contribution in [0.1, 0.15) is 0 Å². The highest BCUT2D eigenvalue weighted by atomic mass is 16.3. The molecule has 296 valence electrons. The van der Waals surface area contributed by atoms with E-state index in [1.165, 1.54) is 38.5 Å². The van der Waals surface area contributed by atoms with Crippen molar-refractivity contribution >= 4 is 60.8 Å². The van der Waals surface area contributed by atoms with E-state index in [4.69, 9.17) is 4.42 Å². The summed E-state index contributed by atoms with van der Waals surface area (Å²) in [5.41, 5.74) is 17.8. The van der Waals surface area contributed by atoms with Gasteiger partial charge in [-0.15, -0.1) is 0 Å². The molecular formula is C60H40N2O. The fraction of sp³-hybridized carbons (Fsp3) is 0. The average molecular weight is 805 g/mol. The number of aromatic nitrogens is 1. The highest BCUT2D eigenvalue weighted by Gasteiger charge is 2.17. The molecule has 0 aliphatic rings. The maximum absolute atomic E-state index is 6.45. The molecule has 0 radical (unpaired) electrons. The summed E-state index contributed by atoms with van der Waals surface area (Å²) in [7, 11) is 0. The number of hydrogen-bond donors (Lipinski definition) is 0. The second kappa shape index (κ2) is 15.3. The molecule has 0 N–H and O–H groups in total. The Bertz CT molecular complexity index is 3560. The van der Waals surface area contributed by atoms with Gasteiger partial charge in [0.15, 0.2) is 0 Å². The van der Waals surface area contributed by atoms with Gasteiger partial charge in [0.1, 0.15) is 11.2 Å². The van der Waals surface area contributed by atoms with Crippen molar-refractivity contribution in [3.8, 4) is 50.2 Å². The van der Waals surface area contributed by atoms with Gasteiger partial charge in [-0.25, -0.2) is 0 Å². The summed E-state index contributed by atoms with van der Waals surface area (Å²) in [5, 5.41) is 4.78. The maximum atomic E-state index is 6.45. The SMILES string of the molecule is c1ccc(-c2cccc(-c3cccc(N(c4ccc(-c5cccc(-n6c7ccccc7c7ccccc76)c5)cc4)c4ccc(-c5cccc6c5oc5ccccc56)cc4)c3)c2)cc1. The third-order valence-electron chi connectivity index (χ3n) is 12.4. The zero-order chi connectivity index (χ0) is 41.7. The van der Waals surface area contributed by atoms with Crippen LogP contribution in [0.15, 0.2) is 247 Å². The van der Waals surface area contributed by atoms with E-state index in [0.717, 1.165) is 72.5 Å². The number of furan rings is 1. The second-order valence-corrected chi connectivity index (χ2v) is 16.1. The Morgan fingerprint density at radius 3 is 1.51 bits per heavy atom. The first-order chi connectivity index (χ1) is 31.2. The lowest BCUT2D eigenvalue weighted by Crippen LogP contribution is -2.10. The molecular weight excluding hydrogens is 765 g/mol. The van der Waals surface area contributed by atoms with Crippen LogP contribution >= 0.6 is 0 Å². The zero-order valence-electron chi connectivity index (χ0n) is 34.4. The van der Waals surface area contributed by atoms with Gasteiger partial charge < -0.3 is 13.9 Å². The number of anilines is 3. The lowest BCUT2D eigenvalue weighted by atomic mass is 9.98. The molecule has 0 saturated carbocycles. The Labute approximate surface area is 366 Å². The van der Waals surface area contributed by atoms with E-state index in [9.17, 15) is 0 Å². The van der Waals surface area contributed by atoms with Crippen molar-refractivity contribution < 1.29 is 4.42 Å². The summed E-state index contributed by atoms with van der Waals surface area (Å²) in [6, 6.07) is 87.1. The zero-order valence-corrected chi connectivity index (χ0v) is 34.4. The van der Waals surface area contributed by atoms with Gasteiger partial charge in [-0.1, -0.05) is 170 Å². The van der Waals surface area contributed by atoms with Crippen molar-refractivity contribution in [1.29, 1.82) is 0 Å². The molecule has 0 amide bonds. The van der Waals surface area contributed by atoms with Crippen molar-refractivity contribution in [1.82, 2.24) is 4.57 Å². The normalized spacial score (nSPS) is 11.5. The Morgan fingerprint density at radius 2 is 0.794 bits per heavy atom. The number of hydrogen-bond acceptors (Lipinski definition) is 2. The highest BCUT2D eigenvalue weighted by molar-refractivity contribution is 6.10. The molecule has 2 aromatic heterocycles. The Hall–Kier alpha value is -8.40. The quantitative estimate of drug-likeness (QED) is 0.153. The van der Waals surface area contributed by atoms with Gasteiger partial charge in [0.2, 0.25) is 0 Å². The molecule has 0 unspecified atom stereocenters. The summed E-state index contributed by atoms with van der Waals surface area (Å²) in [4.78, 5) is 2.36. The minimum absolute atomic E-state index is 0.902. The van der Waals surface area contributed by atoms with Gasteiger partial charge in [-0.2, -0.15) is 0 Å². The van der Waals surface area contributed by atoms with Gasteiger partial charge in [-0.05, 0) is 112 Å². The molecule has 0 fully saturated rings. The Balaban J connectivity index is 0.942. The lowest BCUT2D eigenvalue weighted by molar-refractivity contribution is 0.670. The predicted octanol–water partition coefficient (Wildman–Crippen LogP) is 16.8. The highest BCUT2D eigenvalue weighted by Crippen LogP contribution is 2.41. The molecule has 10 aromatic carbocycles. The minimum Gasteiger partial charge on any atom is -0.455 e. The first-order valence-corrected chi connectivity index (χ1v) is 21.5. The van der Waals surface area contributed by atoms with E-state index in [0.29, 0.717) is 0 Å². The average Bonchev–Trinajstić information content (AvgIpc) is 3.91. The van der Waals surface area contributed by atoms with Crippen LogP contribution < -0.4 is 4.90 Å². The van der Waals surface area contributed by atoms with Crippen molar-refractivity contribution in [2.75, 3.05) is 4.90 Å². The molecule has 12 aromatic rings. The standard InChI is InChI=1S/C60H40N2O/c1-2-14-41(15-3-1)44-16-10-17-45(38-44)47-19-12-20-50(40-47)61(49-36-32-43(33-37-49)52-25-13-26-56-55-24-6-9-29-59(55)63-60(52)56)48-34-30-42(31-35-48)46-18-11-21-51(39-46)62-57-27-7-4-22-53(57)54-23-5-8-28-58(54)62/h1-40H. The van der Waals surface area contributed by atoms with Gasteiger partial charge in [0, 0.05) is 49.9 Å². The first kappa shape index (κ1) is 36.5. The van der Waals surface area contributed by atoms with Crippen molar-refractivity contribution in [3.63, 3.8) is 0 Å². The molecule has 63 heavy (non-hydrogen) atoms. The van der Waals surface area contributed by atoms with E-state index in [2.05, 4.69) is 240 Å². The third-order valence-corrected chi connectivity index (χ3v) is 12.4. The number of para-hydroxylation sites is 4. The van der Waals surface area contributed by atoms with Gasteiger partial charge in [0.05, 0.1) is 11.0 Å². The Morgan fingerprint density at radius 1 is 0.302 bits per heavy atom. The lowest BCUT2D eigenvalue weighted by Gasteiger charge is -2.26. The molecule has 0 saturated heterocycles. The second-order valence-electron chi connectivity index (χ2n) is 16.1. The van der Waals surface area contributed by atoms with Gasteiger partial charge in [-0.3, -0.25) is 0 Å². The van der Waals surface area contributed by atoms with Gasteiger partial charge in [0.25, 0.3) is 0 Å². The van der Waals surface area contributed by atoms with Crippen molar-refractivity contribution in [3.05, 3.63) is 243 Å². The van der Waals surface area contributed by atoms with E-state index < -0.39 is 0 Å². The molecule has 3 nitrogen and oxygen atoms in total. The number of rotatable bonds is 8. The van der Waals surface area contributed by atoms with Crippen LogP contribution in [0.4, 0.5) is 17.1 Å². The Kier molecular flexibility index (Phi) is 8.83. The van der Waals surface area contributed by atoms with Crippen LogP contribution in [0.25, 0.3) is 93.9 Å². The van der Waals surface area contributed by atoms with Gasteiger partial charge >= 0.3 is 0 Å². The molecule has 12 rings (SSSR count). The molecule has 0 aliphatic carbocycles. The summed E-state index contributed by atoms with van der Waals surface area (Å²) < 4.78 is 8.83. The summed E-state index contributed by atoms with van der Waals surface area (Å²) in [6.45, 7) is 0. The van der Waals surface area contributed by atoms with Crippen molar-refractivity contribution in [2.45, 2.75) is 0 Å². The molecule has 0 atom stereocenters. The molecule has 2 heterocycles.